The Morgan fingerprint density at radius 1 is 1.25 bits per heavy atom. The molecule has 7 heteroatoms. The van der Waals surface area contributed by atoms with Crippen LogP contribution in [0.1, 0.15) is 20.3 Å². The summed E-state index contributed by atoms with van der Waals surface area (Å²) < 4.78 is 0. The van der Waals surface area contributed by atoms with Crippen LogP contribution in [0.3, 0.4) is 0 Å². The molecular formula is C9H16ClN3O3. The van der Waals surface area contributed by atoms with Crippen LogP contribution in [0.15, 0.2) is 0 Å². The number of amides is 4. The quantitative estimate of drug-likeness (QED) is 0.598. The van der Waals surface area contributed by atoms with Crippen molar-refractivity contribution in [1.82, 2.24) is 16.0 Å². The predicted octanol–water partition coefficient (Wildman–Crippen LogP) is -0.0343. The molecule has 0 saturated carbocycles. The summed E-state index contributed by atoms with van der Waals surface area (Å²) >= 11 is 5.43. The predicted molar refractivity (Wildman–Crippen MR) is 60.2 cm³/mol. The first-order valence-electron chi connectivity index (χ1n) is 4.96. The Morgan fingerprint density at radius 2 is 1.88 bits per heavy atom. The molecule has 16 heavy (non-hydrogen) atoms. The van der Waals surface area contributed by atoms with Crippen molar-refractivity contribution in [3.8, 4) is 0 Å². The Bertz CT molecular complexity index is 269. The van der Waals surface area contributed by atoms with Crippen LogP contribution in [0.5, 0.6) is 0 Å². The Hall–Kier alpha value is -1.30. The van der Waals surface area contributed by atoms with Gasteiger partial charge in [0, 0.05) is 6.54 Å². The molecule has 4 amide bonds. The first-order chi connectivity index (χ1) is 7.47. The number of carbonyl (C=O) groups is 3. The summed E-state index contributed by atoms with van der Waals surface area (Å²) in [5.41, 5.74) is 0. The zero-order valence-corrected chi connectivity index (χ0v) is 10.1. The standard InChI is InChI=1S/C9H16ClN3O3/c1-3-4-11-7(14)5-12-9(16)13-8(15)6(2)10/h6H,3-5H2,1-2H3,(H,11,14)(H2,12,13,15,16). The van der Waals surface area contributed by atoms with E-state index in [1.807, 2.05) is 12.2 Å². The average Bonchev–Trinajstić information content (AvgIpc) is 2.23. The van der Waals surface area contributed by atoms with E-state index in [-0.39, 0.29) is 12.5 Å². The topological polar surface area (TPSA) is 87.3 Å². The van der Waals surface area contributed by atoms with Crippen LogP contribution in [0.4, 0.5) is 4.79 Å². The zero-order chi connectivity index (χ0) is 12.6. The number of halogens is 1. The van der Waals surface area contributed by atoms with Crippen LogP contribution in [0.25, 0.3) is 0 Å². The Balaban J connectivity index is 3.73. The molecule has 3 N–H and O–H groups in total. The molecule has 6 nitrogen and oxygen atoms in total. The molecule has 92 valence electrons. The fourth-order valence-electron chi connectivity index (χ4n) is 0.743. The van der Waals surface area contributed by atoms with Gasteiger partial charge in [0.1, 0.15) is 5.38 Å². The maximum absolute atomic E-state index is 11.1. The first-order valence-corrected chi connectivity index (χ1v) is 5.40. The van der Waals surface area contributed by atoms with E-state index < -0.39 is 17.3 Å². The fraction of sp³-hybridized carbons (Fsp3) is 0.667. The van der Waals surface area contributed by atoms with E-state index in [0.717, 1.165) is 6.42 Å². The van der Waals surface area contributed by atoms with E-state index in [1.54, 1.807) is 0 Å². The van der Waals surface area contributed by atoms with Gasteiger partial charge in [-0.3, -0.25) is 14.9 Å². The van der Waals surface area contributed by atoms with Crippen molar-refractivity contribution >= 4 is 29.4 Å². The van der Waals surface area contributed by atoms with E-state index in [2.05, 4.69) is 10.6 Å². The summed E-state index contributed by atoms with van der Waals surface area (Å²) in [6, 6.07) is -0.732. The van der Waals surface area contributed by atoms with Gasteiger partial charge in [-0.2, -0.15) is 0 Å². The van der Waals surface area contributed by atoms with Crippen molar-refractivity contribution < 1.29 is 14.4 Å². The highest BCUT2D eigenvalue weighted by atomic mass is 35.5. The summed E-state index contributed by atoms with van der Waals surface area (Å²) in [5, 5.41) is 6.00. The number of imide groups is 1. The highest BCUT2D eigenvalue weighted by Gasteiger charge is 2.13. The van der Waals surface area contributed by atoms with Crippen molar-refractivity contribution in [3.05, 3.63) is 0 Å². The molecule has 0 bridgehead atoms. The van der Waals surface area contributed by atoms with Crippen molar-refractivity contribution in [2.45, 2.75) is 25.6 Å². The summed E-state index contributed by atoms with van der Waals surface area (Å²) in [5.74, 6) is -0.906. The molecule has 0 aromatic rings. The van der Waals surface area contributed by atoms with Crippen molar-refractivity contribution in [2.24, 2.45) is 0 Å². The number of hydrogen-bond donors (Lipinski definition) is 3. The molecule has 0 rings (SSSR count). The monoisotopic (exact) mass is 249 g/mol. The largest absolute Gasteiger partial charge is 0.355 e. The minimum atomic E-state index is -0.792. The molecule has 0 aromatic carbocycles. The van der Waals surface area contributed by atoms with Gasteiger partial charge >= 0.3 is 6.03 Å². The average molecular weight is 250 g/mol. The first kappa shape index (κ1) is 14.7. The normalized spacial score (nSPS) is 11.4. The van der Waals surface area contributed by atoms with Gasteiger partial charge < -0.3 is 10.6 Å². The SMILES string of the molecule is CCCNC(=O)CNC(=O)NC(=O)C(C)Cl. The molecule has 0 radical (unpaired) electrons. The third-order valence-corrected chi connectivity index (χ3v) is 1.78. The highest BCUT2D eigenvalue weighted by molar-refractivity contribution is 6.31. The molecule has 0 aliphatic carbocycles. The number of alkyl halides is 1. The fourth-order valence-corrected chi connectivity index (χ4v) is 0.798. The van der Waals surface area contributed by atoms with Gasteiger partial charge in [-0.25, -0.2) is 4.79 Å². The lowest BCUT2D eigenvalue weighted by Gasteiger charge is -2.07. The molecule has 1 atom stereocenters. The maximum Gasteiger partial charge on any atom is 0.321 e. The van der Waals surface area contributed by atoms with E-state index in [9.17, 15) is 14.4 Å². The summed E-state index contributed by atoms with van der Waals surface area (Å²) in [7, 11) is 0. The number of nitrogens with one attached hydrogen (secondary N) is 3. The van der Waals surface area contributed by atoms with Crippen LogP contribution in [-0.4, -0.2) is 36.3 Å². The number of urea groups is 1. The molecular weight excluding hydrogens is 234 g/mol. The molecule has 0 heterocycles. The minimum absolute atomic E-state index is 0.171. The summed E-state index contributed by atoms with van der Waals surface area (Å²) in [4.78, 5) is 33.1. The molecule has 0 aromatic heterocycles. The second-order valence-corrected chi connectivity index (χ2v) is 3.79. The van der Waals surface area contributed by atoms with Gasteiger partial charge in [-0.05, 0) is 13.3 Å². The molecule has 1 unspecified atom stereocenters. The minimum Gasteiger partial charge on any atom is -0.355 e. The van der Waals surface area contributed by atoms with E-state index in [0.29, 0.717) is 6.54 Å². The van der Waals surface area contributed by atoms with E-state index >= 15 is 0 Å². The van der Waals surface area contributed by atoms with Gasteiger partial charge in [0.15, 0.2) is 0 Å². The van der Waals surface area contributed by atoms with Gasteiger partial charge in [-0.1, -0.05) is 6.92 Å². The lowest BCUT2D eigenvalue weighted by Crippen LogP contribution is -2.45. The van der Waals surface area contributed by atoms with E-state index in [1.165, 1.54) is 6.92 Å². The molecule has 0 aliphatic heterocycles. The third-order valence-electron chi connectivity index (χ3n) is 1.58. The number of rotatable bonds is 5. The Labute approximate surface area is 99.1 Å². The second-order valence-electron chi connectivity index (χ2n) is 3.14. The lowest BCUT2D eigenvalue weighted by atomic mass is 10.4. The molecule has 0 saturated heterocycles. The van der Waals surface area contributed by atoms with Gasteiger partial charge in [-0.15, -0.1) is 11.6 Å². The lowest BCUT2D eigenvalue weighted by molar-refractivity contribution is -0.121. The Morgan fingerprint density at radius 3 is 2.38 bits per heavy atom. The van der Waals surface area contributed by atoms with Gasteiger partial charge in [0.05, 0.1) is 6.54 Å². The van der Waals surface area contributed by atoms with Crippen molar-refractivity contribution in [3.63, 3.8) is 0 Å². The number of carbonyl (C=O) groups excluding carboxylic acids is 3. The van der Waals surface area contributed by atoms with Crippen LogP contribution >= 0.6 is 11.6 Å². The molecule has 0 fully saturated rings. The third kappa shape index (κ3) is 7.05. The highest BCUT2D eigenvalue weighted by Crippen LogP contribution is 1.91. The van der Waals surface area contributed by atoms with E-state index in [4.69, 9.17) is 11.6 Å². The Kier molecular flexibility index (Phi) is 7.28. The van der Waals surface area contributed by atoms with Gasteiger partial charge in [0.25, 0.3) is 0 Å². The zero-order valence-electron chi connectivity index (χ0n) is 9.30. The van der Waals surface area contributed by atoms with Gasteiger partial charge in [0.2, 0.25) is 11.8 Å². The van der Waals surface area contributed by atoms with Crippen LogP contribution in [0.2, 0.25) is 0 Å². The smallest absolute Gasteiger partial charge is 0.321 e. The number of hydrogen-bond acceptors (Lipinski definition) is 3. The van der Waals surface area contributed by atoms with Crippen molar-refractivity contribution in [2.75, 3.05) is 13.1 Å². The van der Waals surface area contributed by atoms with Crippen LogP contribution < -0.4 is 16.0 Å². The summed E-state index contributed by atoms with van der Waals surface area (Å²) in [6.07, 6.45) is 0.820. The maximum atomic E-state index is 11.1. The van der Waals surface area contributed by atoms with Crippen LogP contribution in [-0.2, 0) is 9.59 Å². The van der Waals surface area contributed by atoms with Crippen molar-refractivity contribution in [1.29, 1.82) is 0 Å². The second kappa shape index (κ2) is 7.92. The van der Waals surface area contributed by atoms with Crippen LogP contribution in [0, 0.1) is 0 Å². The molecule has 0 aliphatic rings. The molecule has 0 spiro atoms. The summed E-state index contributed by atoms with van der Waals surface area (Å²) in [6.45, 7) is 3.74.